The van der Waals surface area contributed by atoms with E-state index in [-0.39, 0.29) is 18.2 Å². The summed E-state index contributed by atoms with van der Waals surface area (Å²) in [5.41, 5.74) is 1.89. The third kappa shape index (κ3) is 2.95. The first-order chi connectivity index (χ1) is 13.1. The SMILES string of the molecule is COc1ccc(OC)c(NC(=O)[C@H]2CC(=O)n3c(nc4ccccc43)N2)c1. The van der Waals surface area contributed by atoms with Gasteiger partial charge in [-0.2, -0.15) is 0 Å². The third-order valence-corrected chi connectivity index (χ3v) is 4.47. The number of hydrogen-bond donors (Lipinski definition) is 2. The van der Waals surface area contributed by atoms with Crippen molar-refractivity contribution in [3.63, 3.8) is 0 Å². The predicted molar refractivity (Wildman–Crippen MR) is 101 cm³/mol. The van der Waals surface area contributed by atoms with Gasteiger partial charge < -0.3 is 20.1 Å². The Labute approximate surface area is 155 Å². The quantitative estimate of drug-likeness (QED) is 0.737. The smallest absolute Gasteiger partial charge is 0.247 e. The Morgan fingerprint density at radius 2 is 2.04 bits per heavy atom. The highest BCUT2D eigenvalue weighted by molar-refractivity contribution is 6.04. The Morgan fingerprint density at radius 3 is 2.81 bits per heavy atom. The van der Waals surface area contributed by atoms with E-state index in [1.165, 1.54) is 11.7 Å². The van der Waals surface area contributed by atoms with Crippen molar-refractivity contribution in [3.8, 4) is 11.5 Å². The summed E-state index contributed by atoms with van der Waals surface area (Å²) in [5.74, 6) is 0.910. The molecule has 8 nitrogen and oxygen atoms in total. The molecule has 0 saturated carbocycles. The molecule has 1 aliphatic heterocycles. The lowest BCUT2D eigenvalue weighted by Gasteiger charge is -2.24. The van der Waals surface area contributed by atoms with E-state index in [0.29, 0.717) is 28.7 Å². The molecule has 1 aliphatic rings. The van der Waals surface area contributed by atoms with Crippen LogP contribution in [0, 0.1) is 0 Å². The van der Waals surface area contributed by atoms with Gasteiger partial charge >= 0.3 is 0 Å². The minimum atomic E-state index is -0.738. The molecule has 2 heterocycles. The summed E-state index contributed by atoms with van der Waals surface area (Å²) < 4.78 is 12.0. The summed E-state index contributed by atoms with van der Waals surface area (Å²) in [7, 11) is 3.06. The monoisotopic (exact) mass is 366 g/mol. The molecule has 0 fully saturated rings. The first-order valence-electron chi connectivity index (χ1n) is 8.41. The molecule has 27 heavy (non-hydrogen) atoms. The standard InChI is InChI=1S/C19H18N4O4/c1-26-11-7-8-16(27-2)13(9-11)20-18(25)14-10-17(24)23-15-6-4-3-5-12(15)21-19(23)22-14/h3-9,14H,10H2,1-2H3,(H,20,25)(H,21,22)/t14-/m1/s1. The molecule has 1 amide bonds. The van der Waals surface area contributed by atoms with E-state index in [1.54, 1.807) is 25.3 Å². The number of hydrogen-bond acceptors (Lipinski definition) is 6. The number of carbonyl (C=O) groups is 2. The van der Waals surface area contributed by atoms with Crippen LogP contribution in [0.15, 0.2) is 42.5 Å². The highest BCUT2D eigenvalue weighted by atomic mass is 16.5. The van der Waals surface area contributed by atoms with E-state index in [0.717, 1.165) is 5.52 Å². The number of nitrogens with zero attached hydrogens (tertiary/aromatic N) is 2. The molecule has 4 rings (SSSR count). The van der Waals surface area contributed by atoms with Crippen LogP contribution in [0.4, 0.5) is 11.6 Å². The van der Waals surface area contributed by atoms with Crippen molar-refractivity contribution in [3.05, 3.63) is 42.5 Å². The maximum absolute atomic E-state index is 12.7. The zero-order valence-electron chi connectivity index (χ0n) is 14.9. The molecule has 1 aromatic heterocycles. The summed E-state index contributed by atoms with van der Waals surface area (Å²) in [6.07, 6.45) is 0.0193. The zero-order chi connectivity index (χ0) is 19.0. The summed E-state index contributed by atoms with van der Waals surface area (Å²) in [5, 5.41) is 5.85. The fraction of sp³-hybridized carbons (Fsp3) is 0.211. The van der Waals surface area contributed by atoms with Crippen molar-refractivity contribution in [2.45, 2.75) is 12.5 Å². The molecule has 3 aromatic rings. The Hall–Kier alpha value is -3.55. The van der Waals surface area contributed by atoms with Crippen molar-refractivity contribution in [2.24, 2.45) is 0 Å². The fourth-order valence-electron chi connectivity index (χ4n) is 3.14. The van der Waals surface area contributed by atoms with E-state index in [9.17, 15) is 9.59 Å². The molecule has 0 spiro atoms. The van der Waals surface area contributed by atoms with E-state index in [4.69, 9.17) is 9.47 Å². The molecule has 0 aliphatic carbocycles. The van der Waals surface area contributed by atoms with Gasteiger partial charge in [0.2, 0.25) is 17.8 Å². The Kier molecular flexibility index (Phi) is 4.15. The molecule has 138 valence electrons. The van der Waals surface area contributed by atoms with Crippen molar-refractivity contribution in [2.75, 3.05) is 24.9 Å². The highest BCUT2D eigenvalue weighted by Crippen LogP contribution is 2.30. The molecule has 0 saturated heterocycles. The third-order valence-electron chi connectivity index (χ3n) is 4.47. The molecular formula is C19H18N4O4. The zero-order valence-corrected chi connectivity index (χ0v) is 14.9. The van der Waals surface area contributed by atoms with Gasteiger partial charge in [0.05, 0.1) is 37.4 Å². The number of fused-ring (bicyclic) bond motifs is 3. The van der Waals surface area contributed by atoms with Gasteiger partial charge in [0.15, 0.2) is 0 Å². The minimum Gasteiger partial charge on any atom is -0.497 e. The number of carbonyl (C=O) groups excluding carboxylic acids is 2. The van der Waals surface area contributed by atoms with E-state index < -0.39 is 6.04 Å². The molecule has 0 unspecified atom stereocenters. The minimum absolute atomic E-state index is 0.0193. The first kappa shape index (κ1) is 16.9. The van der Waals surface area contributed by atoms with Gasteiger partial charge in [-0.25, -0.2) is 9.55 Å². The van der Waals surface area contributed by atoms with Crippen LogP contribution >= 0.6 is 0 Å². The number of rotatable bonds is 4. The highest BCUT2D eigenvalue weighted by Gasteiger charge is 2.32. The average Bonchev–Trinajstić information content (AvgIpc) is 3.06. The number of imidazole rings is 1. The molecular weight excluding hydrogens is 348 g/mol. The number of para-hydroxylation sites is 2. The van der Waals surface area contributed by atoms with Crippen LogP contribution in [-0.4, -0.2) is 41.6 Å². The van der Waals surface area contributed by atoms with Crippen molar-refractivity contribution in [1.29, 1.82) is 0 Å². The summed E-state index contributed by atoms with van der Waals surface area (Å²) in [4.78, 5) is 29.8. The fourth-order valence-corrected chi connectivity index (χ4v) is 3.14. The summed E-state index contributed by atoms with van der Waals surface area (Å²) in [6, 6.07) is 11.7. The number of benzene rings is 2. The lowest BCUT2D eigenvalue weighted by atomic mass is 10.1. The summed E-state index contributed by atoms with van der Waals surface area (Å²) >= 11 is 0. The topological polar surface area (TPSA) is 94.5 Å². The number of anilines is 2. The van der Waals surface area contributed by atoms with Crippen molar-refractivity contribution < 1.29 is 19.1 Å². The Balaban J connectivity index is 1.60. The van der Waals surface area contributed by atoms with Gasteiger partial charge in [0, 0.05) is 6.07 Å². The number of nitrogens with one attached hydrogen (secondary N) is 2. The van der Waals surface area contributed by atoms with Gasteiger partial charge in [-0.05, 0) is 24.3 Å². The number of methoxy groups -OCH3 is 2. The van der Waals surface area contributed by atoms with Gasteiger partial charge in [-0.15, -0.1) is 0 Å². The van der Waals surface area contributed by atoms with Crippen LogP contribution < -0.4 is 20.1 Å². The second kappa shape index (κ2) is 6.64. The summed E-state index contributed by atoms with van der Waals surface area (Å²) in [6.45, 7) is 0. The Morgan fingerprint density at radius 1 is 1.22 bits per heavy atom. The van der Waals surface area contributed by atoms with Crippen molar-refractivity contribution in [1.82, 2.24) is 9.55 Å². The molecule has 8 heteroatoms. The second-order valence-electron chi connectivity index (χ2n) is 6.11. The van der Waals surface area contributed by atoms with Crippen LogP contribution in [0.1, 0.15) is 11.2 Å². The maximum Gasteiger partial charge on any atom is 0.247 e. The van der Waals surface area contributed by atoms with Crippen LogP contribution in [0.2, 0.25) is 0 Å². The number of aromatic nitrogens is 2. The van der Waals surface area contributed by atoms with E-state index in [2.05, 4.69) is 15.6 Å². The average molecular weight is 366 g/mol. The van der Waals surface area contributed by atoms with E-state index >= 15 is 0 Å². The van der Waals surface area contributed by atoms with Crippen LogP contribution in [0.3, 0.4) is 0 Å². The molecule has 1 atom stereocenters. The lowest BCUT2D eigenvalue weighted by Crippen LogP contribution is -2.42. The molecule has 0 radical (unpaired) electrons. The van der Waals surface area contributed by atoms with Gasteiger partial charge in [0.1, 0.15) is 17.5 Å². The van der Waals surface area contributed by atoms with Gasteiger partial charge in [-0.3, -0.25) is 9.59 Å². The van der Waals surface area contributed by atoms with Gasteiger partial charge in [0.25, 0.3) is 0 Å². The van der Waals surface area contributed by atoms with Crippen LogP contribution in [0.5, 0.6) is 11.5 Å². The number of ether oxygens (including phenoxy) is 2. The molecule has 0 bridgehead atoms. The van der Waals surface area contributed by atoms with E-state index in [1.807, 2.05) is 24.3 Å². The second-order valence-corrected chi connectivity index (χ2v) is 6.11. The van der Waals surface area contributed by atoms with Gasteiger partial charge in [-0.1, -0.05) is 12.1 Å². The maximum atomic E-state index is 12.7. The molecule has 2 N–H and O–H groups in total. The normalized spacial score (nSPS) is 15.8. The Bertz CT molecular complexity index is 1040. The first-order valence-corrected chi connectivity index (χ1v) is 8.41. The van der Waals surface area contributed by atoms with Crippen LogP contribution in [0.25, 0.3) is 11.0 Å². The van der Waals surface area contributed by atoms with Crippen molar-refractivity contribution >= 4 is 34.5 Å². The number of amides is 1. The predicted octanol–water partition coefficient (Wildman–Crippen LogP) is 2.52. The lowest BCUT2D eigenvalue weighted by molar-refractivity contribution is -0.117. The largest absolute Gasteiger partial charge is 0.497 e. The van der Waals surface area contributed by atoms with Crippen LogP contribution in [-0.2, 0) is 4.79 Å². The molecule has 2 aromatic carbocycles.